The number of nitrogens with two attached hydrogens (primary N) is 1. The number of hydrazine groups is 1. The van der Waals surface area contributed by atoms with Gasteiger partial charge in [-0.1, -0.05) is 0 Å². The minimum Gasteiger partial charge on any atom is -0.343 e. The Morgan fingerprint density at radius 1 is 1.33 bits per heavy atom. The van der Waals surface area contributed by atoms with Gasteiger partial charge in [0.05, 0.1) is 0 Å². The summed E-state index contributed by atoms with van der Waals surface area (Å²) in [6, 6.07) is 0. The van der Waals surface area contributed by atoms with Crippen molar-refractivity contribution in [2.24, 2.45) is 5.84 Å². The molecule has 5 heteroatoms. The Balaban J connectivity index is 2.40. The van der Waals surface area contributed by atoms with Crippen molar-refractivity contribution in [1.82, 2.24) is 10.7 Å². The van der Waals surface area contributed by atoms with Gasteiger partial charge in [-0.2, -0.15) is 0 Å². The first-order valence-corrected chi connectivity index (χ1v) is 3.90. The Morgan fingerprint density at radius 3 is 2.25 bits per heavy atom. The third kappa shape index (κ3) is 1.73. The Bertz CT molecular complexity index is 211. The molecule has 5 nitrogen and oxygen atoms in total. The summed E-state index contributed by atoms with van der Waals surface area (Å²) < 4.78 is 0. The number of nitrogens with one attached hydrogen (secondary N) is 2. The van der Waals surface area contributed by atoms with E-state index in [9.17, 15) is 9.59 Å². The van der Waals surface area contributed by atoms with E-state index in [1.54, 1.807) is 5.43 Å². The van der Waals surface area contributed by atoms with Crippen LogP contribution in [0.15, 0.2) is 0 Å². The second kappa shape index (κ2) is 3.10. The predicted molar refractivity (Wildman–Crippen MR) is 42.7 cm³/mol. The van der Waals surface area contributed by atoms with Gasteiger partial charge in [0, 0.05) is 5.54 Å². The summed E-state index contributed by atoms with van der Waals surface area (Å²) in [7, 11) is 0. The fourth-order valence-electron chi connectivity index (χ4n) is 1.23. The van der Waals surface area contributed by atoms with Crippen LogP contribution in [0.1, 0.15) is 26.2 Å². The largest absolute Gasteiger partial charge is 0.343 e. The van der Waals surface area contributed by atoms with Crippen molar-refractivity contribution in [3.05, 3.63) is 0 Å². The first-order valence-electron chi connectivity index (χ1n) is 3.90. The Kier molecular flexibility index (Phi) is 2.32. The summed E-state index contributed by atoms with van der Waals surface area (Å²) in [5, 5.41) is 2.61. The second-order valence-electron chi connectivity index (χ2n) is 3.34. The van der Waals surface area contributed by atoms with Crippen LogP contribution in [-0.4, -0.2) is 17.4 Å². The summed E-state index contributed by atoms with van der Waals surface area (Å²) in [6.07, 6.45) is 2.95. The highest BCUT2D eigenvalue weighted by Gasteiger charge is 2.34. The van der Waals surface area contributed by atoms with Gasteiger partial charge in [0.25, 0.3) is 0 Å². The minimum absolute atomic E-state index is 0.191. The van der Waals surface area contributed by atoms with E-state index < -0.39 is 11.8 Å². The zero-order valence-electron chi connectivity index (χ0n) is 7.02. The lowest BCUT2D eigenvalue weighted by molar-refractivity contribution is -0.140. The molecule has 0 aromatic carbocycles. The minimum atomic E-state index is -0.789. The molecule has 1 fully saturated rings. The van der Waals surface area contributed by atoms with E-state index in [-0.39, 0.29) is 5.54 Å². The standard InChI is InChI=1S/C7H13N3O2/c1-7(3-2-4-7)9-5(11)6(12)10-8/h2-4,8H2,1H3,(H,9,11)(H,10,12). The highest BCUT2D eigenvalue weighted by Crippen LogP contribution is 2.30. The van der Waals surface area contributed by atoms with Crippen molar-refractivity contribution in [2.45, 2.75) is 31.7 Å². The number of carbonyl (C=O) groups excluding carboxylic acids is 2. The van der Waals surface area contributed by atoms with Crippen LogP contribution in [0, 0.1) is 0 Å². The van der Waals surface area contributed by atoms with Crippen molar-refractivity contribution in [2.75, 3.05) is 0 Å². The monoisotopic (exact) mass is 171 g/mol. The van der Waals surface area contributed by atoms with Crippen molar-refractivity contribution < 1.29 is 9.59 Å². The molecule has 0 saturated heterocycles. The normalized spacial score (nSPS) is 19.2. The summed E-state index contributed by atoms with van der Waals surface area (Å²) in [4.78, 5) is 21.7. The second-order valence-corrected chi connectivity index (χ2v) is 3.34. The summed E-state index contributed by atoms with van der Waals surface area (Å²) >= 11 is 0. The summed E-state index contributed by atoms with van der Waals surface area (Å²) in [6.45, 7) is 1.91. The Hall–Kier alpha value is -1.10. The van der Waals surface area contributed by atoms with E-state index >= 15 is 0 Å². The van der Waals surface area contributed by atoms with E-state index in [2.05, 4.69) is 5.32 Å². The molecule has 0 radical (unpaired) electrons. The molecule has 12 heavy (non-hydrogen) atoms. The number of carbonyl (C=O) groups is 2. The van der Waals surface area contributed by atoms with Crippen LogP contribution in [0.2, 0.25) is 0 Å². The lowest BCUT2D eigenvalue weighted by atomic mass is 9.78. The molecule has 0 spiro atoms. The molecule has 0 aromatic rings. The maximum atomic E-state index is 11.0. The maximum Gasteiger partial charge on any atom is 0.323 e. The average Bonchev–Trinajstić information content (AvgIpc) is 2.00. The fraction of sp³-hybridized carbons (Fsp3) is 0.714. The number of hydrogen-bond donors (Lipinski definition) is 3. The van der Waals surface area contributed by atoms with Gasteiger partial charge in [-0.3, -0.25) is 15.0 Å². The molecular weight excluding hydrogens is 158 g/mol. The van der Waals surface area contributed by atoms with E-state index in [0.29, 0.717) is 0 Å². The molecule has 0 bridgehead atoms. The molecule has 68 valence electrons. The molecule has 2 amide bonds. The van der Waals surface area contributed by atoms with Gasteiger partial charge in [-0.25, -0.2) is 5.84 Å². The molecule has 0 atom stereocenters. The Morgan fingerprint density at radius 2 is 1.92 bits per heavy atom. The van der Waals surface area contributed by atoms with Crippen LogP contribution in [0.25, 0.3) is 0 Å². The molecule has 1 aliphatic rings. The molecule has 0 aliphatic heterocycles. The molecule has 1 saturated carbocycles. The van der Waals surface area contributed by atoms with Gasteiger partial charge in [0.1, 0.15) is 0 Å². The highest BCUT2D eigenvalue weighted by molar-refractivity contribution is 6.35. The summed E-state index contributed by atoms with van der Waals surface area (Å²) in [5.41, 5.74) is 1.59. The number of rotatable bonds is 1. The van der Waals surface area contributed by atoms with Crippen LogP contribution in [0.5, 0.6) is 0 Å². The Labute approximate surface area is 70.7 Å². The summed E-state index contributed by atoms with van der Waals surface area (Å²) in [5.74, 6) is 3.35. The zero-order valence-corrected chi connectivity index (χ0v) is 7.02. The molecule has 0 aromatic heterocycles. The van der Waals surface area contributed by atoms with Crippen LogP contribution in [0.3, 0.4) is 0 Å². The van der Waals surface area contributed by atoms with Crippen molar-refractivity contribution in [3.8, 4) is 0 Å². The molecule has 0 unspecified atom stereocenters. The first-order chi connectivity index (χ1) is 5.57. The van der Waals surface area contributed by atoms with Crippen LogP contribution in [0.4, 0.5) is 0 Å². The van der Waals surface area contributed by atoms with Crippen LogP contribution >= 0.6 is 0 Å². The molecule has 1 rings (SSSR count). The van der Waals surface area contributed by atoms with Crippen molar-refractivity contribution >= 4 is 11.8 Å². The van der Waals surface area contributed by atoms with Gasteiger partial charge in [0.15, 0.2) is 0 Å². The number of hydrogen-bond acceptors (Lipinski definition) is 3. The van der Waals surface area contributed by atoms with Gasteiger partial charge in [0.2, 0.25) is 0 Å². The molecular formula is C7H13N3O2. The average molecular weight is 171 g/mol. The van der Waals surface area contributed by atoms with E-state index in [1.807, 2.05) is 6.92 Å². The fourth-order valence-corrected chi connectivity index (χ4v) is 1.23. The van der Waals surface area contributed by atoms with Crippen LogP contribution in [-0.2, 0) is 9.59 Å². The van der Waals surface area contributed by atoms with Crippen molar-refractivity contribution in [1.29, 1.82) is 0 Å². The van der Waals surface area contributed by atoms with E-state index in [4.69, 9.17) is 5.84 Å². The SMILES string of the molecule is CC1(NC(=O)C(=O)NN)CCC1. The quantitative estimate of drug-likeness (QED) is 0.205. The van der Waals surface area contributed by atoms with Gasteiger partial charge in [-0.15, -0.1) is 0 Å². The third-order valence-corrected chi connectivity index (χ3v) is 2.21. The van der Waals surface area contributed by atoms with Gasteiger partial charge >= 0.3 is 11.8 Å². The van der Waals surface area contributed by atoms with E-state index in [0.717, 1.165) is 19.3 Å². The molecule has 0 heterocycles. The predicted octanol–water partition coefficient (Wildman–Crippen LogP) is -0.965. The lowest BCUT2D eigenvalue weighted by Gasteiger charge is -2.38. The highest BCUT2D eigenvalue weighted by atomic mass is 16.2. The van der Waals surface area contributed by atoms with Gasteiger partial charge in [-0.05, 0) is 26.2 Å². The van der Waals surface area contributed by atoms with Crippen molar-refractivity contribution in [3.63, 3.8) is 0 Å². The third-order valence-electron chi connectivity index (χ3n) is 2.21. The zero-order chi connectivity index (χ0) is 9.19. The first kappa shape index (κ1) is 8.99. The maximum absolute atomic E-state index is 11.0. The number of amides is 2. The molecule has 1 aliphatic carbocycles. The van der Waals surface area contributed by atoms with Crippen LogP contribution < -0.4 is 16.6 Å². The van der Waals surface area contributed by atoms with E-state index in [1.165, 1.54) is 0 Å². The van der Waals surface area contributed by atoms with Gasteiger partial charge < -0.3 is 5.32 Å². The molecule has 4 N–H and O–H groups in total. The smallest absolute Gasteiger partial charge is 0.323 e. The topological polar surface area (TPSA) is 84.2 Å². The lowest BCUT2D eigenvalue weighted by Crippen LogP contribution is -2.55.